The summed E-state index contributed by atoms with van der Waals surface area (Å²) in [5.41, 5.74) is 18.3. The lowest BCUT2D eigenvalue weighted by Gasteiger charge is -2.16. The second-order valence-electron chi connectivity index (χ2n) is 19.1. The SMILES string of the molecule is c1ccc(-c2ccc3c(c2)c2ccccc2n3-c2cc3oc4ccccc4c3cc2-c2cccc(-c3ccc4c(c3)oc3cccc(-c5cccc(-c6nc(-c7ccccc7)nc(-c7ccccc7)n6)c5)c34)c2)cc1. The van der Waals surface area contributed by atoms with E-state index in [2.05, 4.69) is 193 Å². The van der Waals surface area contributed by atoms with Gasteiger partial charge in [-0.05, 0) is 99.6 Å². The van der Waals surface area contributed by atoms with Crippen LogP contribution in [0, 0.1) is 0 Å². The van der Waals surface area contributed by atoms with Gasteiger partial charge in [-0.25, -0.2) is 15.0 Å². The van der Waals surface area contributed by atoms with Crippen LogP contribution in [0.25, 0.3) is 150 Å². The Morgan fingerprint density at radius 3 is 1.52 bits per heavy atom. The van der Waals surface area contributed by atoms with Gasteiger partial charge in [0.05, 0.1) is 16.7 Å². The molecule has 6 heteroatoms. The van der Waals surface area contributed by atoms with E-state index >= 15 is 0 Å². The van der Waals surface area contributed by atoms with E-state index in [1.807, 2.05) is 66.7 Å². The summed E-state index contributed by atoms with van der Waals surface area (Å²) in [7, 11) is 0. The van der Waals surface area contributed by atoms with Crippen LogP contribution in [0.1, 0.15) is 0 Å². The van der Waals surface area contributed by atoms with Gasteiger partial charge in [0.2, 0.25) is 0 Å². The number of hydrogen-bond donors (Lipinski definition) is 0. The van der Waals surface area contributed by atoms with Crippen molar-refractivity contribution < 1.29 is 8.83 Å². The number of benzene rings is 11. The third-order valence-electron chi connectivity index (χ3n) is 14.7. The van der Waals surface area contributed by atoms with E-state index < -0.39 is 0 Å². The molecule has 0 aliphatic heterocycles. The number of furan rings is 2. The average molecular weight is 959 g/mol. The molecule has 0 saturated carbocycles. The van der Waals surface area contributed by atoms with Crippen molar-refractivity contribution in [1.29, 1.82) is 0 Å². The van der Waals surface area contributed by atoms with E-state index in [9.17, 15) is 0 Å². The van der Waals surface area contributed by atoms with Gasteiger partial charge in [-0.15, -0.1) is 0 Å². The molecule has 0 aliphatic carbocycles. The van der Waals surface area contributed by atoms with E-state index in [0.29, 0.717) is 17.5 Å². The van der Waals surface area contributed by atoms with Crippen LogP contribution in [0.15, 0.2) is 264 Å². The van der Waals surface area contributed by atoms with Crippen molar-refractivity contribution in [3.63, 3.8) is 0 Å². The fourth-order valence-electron chi connectivity index (χ4n) is 11.1. The molecule has 0 aliphatic rings. The molecule has 15 aromatic rings. The minimum atomic E-state index is 0.610. The molecule has 75 heavy (non-hydrogen) atoms. The lowest BCUT2D eigenvalue weighted by Crippen LogP contribution is -2.00. The monoisotopic (exact) mass is 958 g/mol. The van der Waals surface area contributed by atoms with Crippen molar-refractivity contribution >= 4 is 65.7 Å². The van der Waals surface area contributed by atoms with Crippen LogP contribution in [-0.4, -0.2) is 19.5 Å². The summed E-state index contributed by atoms with van der Waals surface area (Å²) in [6.07, 6.45) is 0. The molecule has 0 unspecified atom stereocenters. The first kappa shape index (κ1) is 42.5. The first-order valence-electron chi connectivity index (χ1n) is 25.2. The van der Waals surface area contributed by atoms with Crippen LogP contribution in [0.4, 0.5) is 0 Å². The highest BCUT2D eigenvalue weighted by atomic mass is 16.3. The molecule has 4 heterocycles. The van der Waals surface area contributed by atoms with Gasteiger partial charge in [-0.2, -0.15) is 0 Å². The zero-order chi connectivity index (χ0) is 49.4. The molecular weight excluding hydrogens is 917 g/mol. The van der Waals surface area contributed by atoms with Crippen LogP contribution < -0.4 is 0 Å². The fraction of sp³-hybridized carbons (Fsp3) is 0. The van der Waals surface area contributed by atoms with E-state index in [1.165, 1.54) is 21.9 Å². The molecule has 350 valence electrons. The van der Waals surface area contributed by atoms with Crippen molar-refractivity contribution in [3.8, 4) is 84.4 Å². The Morgan fingerprint density at radius 1 is 0.253 bits per heavy atom. The minimum absolute atomic E-state index is 0.610. The summed E-state index contributed by atoms with van der Waals surface area (Å²) >= 11 is 0. The highest BCUT2D eigenvalue weighted by molar-refractivity contribution is 6.15. The predicted octanol–water partition coefficient (Wildman–Crippen LogP) is 18.4. The molecule has 0 N–H and O–H groups in total. The van der Waals surface area contributed by atoms with Gasteiger partial charge in [0.25, 0.3) is 0 Å². The average Bonchev–Trinajstić information content (AvgIpc) is 4.22. The molecule has 0 amide bonds. The Labute approximate surface area is 431 Å². The Bertz CT molecular complexity index is 4650. The number of para-hydroxylation sites is 2. The molecule has 15 rings (SSSR count). The van der Waals surface area contributed by atoms with Crippen LogP contribution in [-0.2, 0) is 0 Å². The smallest absolute Gasteiger partial charge is 0.164 e. The van der Waals surface area contributed by atoms with Gasteiger partial charge < -0.3 is 13.4 Å². The molecule has 0 bridgehead atoms. The summed E-state index contributed by atoms with van der Waals surface area (Å²) in [6.45, 7) is 0. The van der Waals surface area contributed by atoms with Crippen LogP contribution in [0.5, 0.6) is 0 Å². The van der Waals surface area contributed by atoms with Crippen LogP contribution in [0.3, 0.4) is 0 Å². The highest BCUT2D eigenvalue weighted by Gasteiger charge is 2.21. The summed E-state index contributed by atoms with van der Waals surface area (Å²) in [6, 6.07) is 89.4. The normalized spacial score (nSPS) is 11.7. The van der Waals surface area contributed by atoms with Gasteiger partial charge in [-0.3, -0.25) is 0 Å². The highest BCUT2D eigenvalue weighted by Crippen LogP contribution is 2.44. The molecule has 0 radical (unpaired) electrons. The fourth-order valence-corrected chi connectivity index (χ4v) is 11.1. The van der Waals surface area contributed by atoms with Crippen molar-refractivity contribution in [2.45, 2.75) is 0 Å². The second kappa shape index (κ2) is 17.3. The topological polar surface area (TPSA) is 69.9 Å². The lowest BCUT2D eigenvalue weighted by molar-refractivity contribution is 0.668. The predicted molar refractivity (Wildman–Crippen MR) is 307 cm³/mol. The summed E-state index contributed by atoms with van der Waals surface area (Å²) in [5, 5.41) is 6.67. The summed E-state index contributed by atoms with van der Waals surface area (Å²) < 4.78 is 15.8. The Hall–Kier alpha value is -10.2. The first-order chi connectivity index (χ1) is 37.1. The maximum absolute atomic E-state index is 6.76. The molecule has 6 nitrogen and oxygen atoms in total. The molecule has 0 spiro atoms. The van der Waals surface area contributed by atoms with Gasteiger partial charge in [-0.1, -0.05) is 188 Å². The number of fused-ring (bicyclic) bond motifs is 9. The molecule has 0 fully saturated rings. The van der Waals surface area contributed by atoms with Crippen molar-refractivity contribution in [2.75, 3.05) is 0 Å². The quantitative estimate of drug-likeness (QED) is 0.152. The maximum Gasteiger partial charge on any atom is 0.164 e. The Morgan fingerprint density at radius 2 is 0.760 bits per heavy atom. The maximum atomic E-state index is 6.76. The largest absolute Gasteiger partial charge is 0.456 e. The number of nitrogens with zero attached hydrogens (tertiary/aromatic N) is 4. The van der Waals surface area contributed by atoms with Gasteiger partial charge in [0.15, 0.2) is 17.5 Å². The van der Waals surface area contributed by atoms with Crippen molar-refractivity contribution in [3.05, 3.63) is 255 Å². The molecule has 0 saturated heterocycles. The third kappa shape index (κ3) is 7.22. The van der Waals surface area contributed by atoms with Crippen LogP contribution >= 0.6 is 0 Å². The third-order valence-corrected chi connectivity index (χ3v) is 14.7. The first-order valence-corrected chi connectivity index (χ1v) is 25.2. The Kier molecular flexibility index (Phi) is 9.78. The van der Waals surface area contributed by atoms with Gasteiger partial charge in [0.1, 0.15) is 22.3 Å². The number of hydrogen-bond acceptors (Lipinski definition) is 5. The zero-order valence-electron chi connectivity index (χ0n) is 40.4. The van der Waals surface area contributed by atoms with Crippen LogP contribution in [0.2, 0.25) is 0 Å². The molecular formula is C69H42N4O2. The van der Waals surface area contributed by atoms with E-state index in [-0.39, 0.29) is 0 Å². The second-order valence-corrected chi connectivity index (χ2v) is 19.1. The van der Waals surface area contributed by atoms with E-state index in [0.717, 1.165) is 111 Å². The zero-order valence-corrected chi connectivity index (χ0v) is 40.4. The standard InChI is InChI=1S/C69H42N4O2/c1-4-17-43(18-5-1)47-34-36-60-57(39-47)53-27-10-12-30-59(53)73(60)61-42-65-58(54-28-11-13-31-62(54)74-65)41-56(61)50-25-14-23-46(37-50)48-33-35-55-64(40-48)75-63-32-16-29-52(66(55)63)49-24-15-26-51(38-49)69-71-67(44-19-6-2-7-20-44)70-68(72-69)45-21-8-3-9-22-45/h1-42H. The molecule has 11 aromatic carbocycles. The van der Waals surface area contributed by atoms with Gasteiger partial charge in [0, 0.05) is 60.6 Å². The lowest BCUT2D eigenvalue weighted by atomic mass is 9.95. The van der Waals surface area contributed by atoms with E-state index in [4.69, 9.17) is 23.8 Å². The molecule has 0 atom stereocenters. The number of rotatable bonds is 8. The summed E-state index contributed by atoms with van der Waals surface area (Å²) in [5.74, 6) is 1.87. The van der Waals surface area contributed by atoms with Crippen molar-refractivity contribution in [1.82, 2.24) is 19.5 Å². The van der Waals surface area contributed by atoms with Gasteiger partial charge >= 0.3 is 0 Å². The van der Waals surface area contributed by atoms with Crippen molar-refractivity contribution in [2.24, 2.45) is 0 Å². The minimum Gasteiger partial charge on any atom is -0.456 e. The number of aromatic nitrogens is 4. The summed E-state index contributed by atoms with van der Waals surface area (Å²) in [4.78, 5) is 15.0. The molecule has 4 aromatic heterocycles. The Balaban J connectivity index is 0.844. The van der Waals surface area contributed by atoms with E-state index in [1.54, 1.807) is 0 Å².